The zero-order chi connectivity index (χ0) is 18.7. The molecule has 0 bridgehead atoms. The molecule has 26 heavy (non-hydrogen) atoms. The van der Waals surface area contributed by atoms with Gasteiger partial charge in [-0.3, -0.25) is 9.59 Å². The van der Waals surface area contributed by atoms with Gasteiger partial charge in [0, 0.05) is 35.3 Å². The number of aromatic nitrogens is 1. The number of nitrogens with two attached hydrogens (primary N) is 1. The second kappa shape index (κ2) is 7.99. The number of aryl methyl sites for hydroxylation is 1. The van der Waals surface area contributed by atoms with Gasteiger partial charge in [-0.25, -0.2) is 4.98 Å². The van der Waals surface area contributed by atoms with Gasteiger partial charge in [-0.2, -0.15) is 0 Å². The van der Waals surface area contributed by atoms with Crippen LogP contribution in [0.2, 0.25) is 0 Å². The van der Waals surface area contributed by atoms with Gasteiger partial charge in [-0.1, -0.05) is 17.7 Å². The lowest BCUT2D eigenvalue weighted by Crippen LogP contribution is -2.42. The van der Waals surface area contributed by atoms with Crippen LogP contribution in [0.3, 0.4) is 0 Å². The van der Waals surface area contributed by atoms with Crippen LogP contribution in [0.15, 0.2) is 35.0 Å². The van der Waals surface area contributed by atoms with Crippen molar-refractivity contribution in [2.45, 2.75) is 19.4 Å². The van der Waals surface area contributed by atoms with E-state index in [9.17, 15) is 9.59 Å². The summed E-state index contributed by atoms with van der Waals surface area (Å²) in [5, 5.41) is 6.66. The minimum Gasteiger partial charge on any atom is -0.375 e. The van der Waals surface area contributed by atoms with Crippen LogP contribution < -0.4 is 16.4 Å². The Balaban J connectivity index is 1.70. The van der Waals surface area contributed by atoms with Crippen molar-refractivity contribution in [1.29, 1.82) is 0 Å². The van der Waals surface area contributed by atoms with Gasteiger partial charge in [-0.15, -0.1) is 0 Å². The minimum absolute atomic E-state index is 0.0522. The van der Waals surface area contributed by atoms with E-state index in [0.717, 1.165) is 13.1 Å². The molecule has 8 heteroatoms. The number of nitrogens with zero attached hydrogens (tertiary/aromatic N) is 1. The molecule has 0 spiro atoms. The maximum atomic E-state index is 12.5. The van der Waals surface area contributed by atoms with Crippen molar-refractivity contribution >= 4 is 23.4 Å². The van der Waals surface area contributed by atoms with Crippen LogP contribution in [0.25, 0.3) is 0 Å². The highest BCUT2D eigenvalue weighted by Gasteiger charge is 2.26. The standard InChI is InChI=1S/C18H21ClN4O3/c1-10-6-12(8-15(22-10)17(20)24)18(25)23-14-3-2-11(7-13(14)19)16-9-21-4-5-26-16/h2-3,6,8,11,16,21H,4-5,7,9H2,1H3,(H2,20,24)(H,23,25)/t11?,16-/m1/s1. The Morgan fingerprint density at radius 2 is 2.23 bits per heavy atom. The third-order valence-corrected chi connectivity index (χ3v) is 4.73. The number of carbonyl (C=O) groups excluding carboxylic acids is 2. The van der Waals surface area contributed by atoms with Crippen LogP contribution in [-0.2, 0) is 4.74 Å². The molecule has 0 aromatic carbocycles. The molecule has 1 unspecified atom stereocenters. The van der Waals surface area contributed by atoms with Gasteiger partial charge in [0.15, 0.2) is 0 Å². The minimum atomic E-state index is -0.679. The Kier molecular flexibility index (Phi) is 5.70. The molecule has 0 radical (unpaired) electrons. The van der Waals surface area contributed by atoms with Gasteiger partial charge in [-0.05, 0) is 31.6 Å². The molecule has 3 rings (SSSR count). The third kappa shape index (κ3) is 4.30. The van der Waals surface area contributed by atoms with E-state index < -0.39 is 5.91 Å². The molecular formula is C18H21ClN4O3. The number of allylic oxidation sites excluding steroid dienone is 2. The van der Waals surface area contributed by atoms with Gasteiger partial charge in [0.05, 0.1) is 18.4 Å². The number of ether oxygens (including phenoxy) is 1. The van der Waals surface area contributed by atoms with Crippen molar-refractivity contribution in [1.82, 2.24) is 15.6 Å². The predicted molar refractivity (Wildman–Crippen MR) is 97.7 cm³/mol. The molecule has 1 aliphatic heterocycles. The zero-order valence-electron chi connectivity index (χ0n) is 14.4. The van der Waals surface area contributed by atoms with E-state index in [1.54, 1.807) is 19.1 Å². The SMILES string of the molecule is Cc1cc(C(=O)NC2=C(Cl)CC([C@H]3CNCCO3)C=C2)cc(C(N)=O)n1. The van der Waals surface area contributed by atoms with Crippen molar-refractivity contribution < 1.29 is 14.3 Å². The van der Waals surface area contributed by atoms with Crippen molar-refractivity contribution in [2.75, 3.05) is 19.7 Å². The second-order valence-electron chi connectivity index (χ2n) is 6.36. The number of pyridine rings is 1. The van der Waals surface area contributed by atoms with Crippen LogP contribution in [-0.4, -0.2) is 42.6 Å². The van der Waals surface area contributed by atoms with Gasteiger partial charge in [0.2, 0.25) is 0 Å². The topological polar surface area (TPSA) is 106 Å². The Morgan fingerprint density at radius 1 is 1.42 bits per heavy atom. The van der Waals surface area contributed by atoms with E-state index in [4.69, 9.17) is 22.1 Å². The quantitative estimate of drug-likeness (QED) is 0.732. The number of hydrogen-bond acceptors (Lipinski definition) is 5. The number of amides is 2. The molecule has 0 saturated carbocycles. The number of hydrogen-bond donors (Lipinski definition) is 3. The summed E-state index contributed by atoms with van der Waals surface area (Å²) in [5.74, 6) is -0.882. The normalized spacial score (nSPS) is 23.0. The van der Waals surface area contributed by atoms with Gasteiger partial charge in [0.25, 0.3) is 11.8 Å². The summed E-state index contributed by atoms with van der Waals surface area (Å²) in [4.78, 5) is 27.9. The molecule has 4 N–H and O–H groups in total. The van der Waals surface area contributed by atoms with E-state index >= 15 is 0 Å². The van der Waals surface area contributed by atoms with Crippen molar-refractivity contribution in [3.63, 3.8) is 0 Å². The first-order valence-electron chi connectivity index (χ1n) is 8.43. The van der Waals surface area contributed by atoms with E-state index in [0.29, 0.717) is 35.0 Å². The summed E-state index contributed by atoms with van der Waals surface area (Å²) in [6.45, 7) is 4.02. The fraction of sp³-hybridized carbons (Fsp3) is 0.389. The average molecular weight is 377 g/mol. The summed E-state index contributed by atoms with van der Waals surface area (Å²) in [6, 6.07) is 2.96. The molecule has 1 aromatic heterocycles. The van der Waals surface area contributed by atoms with Gasteiger partial charge >= 0.3 is 0 Å². The molecule has 1 aliphatic carbocycles. The first-order valence-corrected chi connectivity index (χ1v) is 8.81. The number of primary amides is 1. The highest BCUT2D eigenvalue weighted by atomic mass is 35.5. The van der Waals surface area contributed by atoms with Crippen molar-refractivity contribution in [2.24, 2.45) is 11.7 Å². The molecule has 138 valence electrons. The van der Waals surface area contributed by atoms with E-state index in [-0.39, 0.29) is 23.6 Å². The highest BCUT2D eigenvalue weighted by Crippen LogP contribution is 2.29. The monoisotopic (exact) mass is 376 g/mol. The maximum Gasteiger partial charge on any atom is 0.267 e. The molecule has 2 heterocycles. The first-order chi connectivity index (χ1) is 12.4. The van der Waals surface area contributed by atoms with Crippen LogP contribution in [0.1, 0.15) is 33.0 Å². The van der Waals surface area contributed by atoms with Crippen molar-refractivity contribution in [3.8, 4) is 0 Å². The molecule has 1 fully saturated rings. The largest absolute Gasteiger partial charge is 0.375 e. The molecule has 1 aromatic rings. The van der Waals surface area contributed by atoms with E-state index in [1.807, 2.05) is 6.08 Å². The summed E-state index contributed by atoms with van der Waals surface area (Å²) in [5.41, 5.74) is 6.69. The fourth-order valence-electron chi connectivity index (χ4n) is 3.04. The predicted octanol–water partition coefficient (Wildman–Crippen LogP) is 1.23. The molecular weight excluding hydrogens is 356 g/mol. The molecule has 2 amide bonds. The Bertz CT molecular complexity index is 785. The van der Waals surface area contributed by atoms with Crippen LogP contribution in [0, 0.1) is 12.8 Å². The lowest BCUT2D eigenvalue weighted by atomic mass is 9.92. The van der Waals surface area contributed by atoms with Gasteiger partial charge < -0.3 is 21.1 Å². The molecule has 2 atom stereocenters. The average Bonchev–Trinajstić information content (AvgIpc) is 2.63. The lowest BCUT2D eigenvalue weighted by molar-refractivity contribution is 0.00325. The fourth-order valence-corrected chi connectivity index (χ4v) is 3.33. The lowest BCUT2D eigenvalue weighted by Gasteiger charge is -2.31. The van der Waals surface area contributed by atoms with Crippen LogP contribution in [0.4, 0.5) is 0 Å². The van der Waals surface area contributed by atoms with Crippen molar-refractivity contribution in [3.05, 3.63) is 52.0 Å². The number of morpholine rings is 1. The van der Waals surface area contributed by atoms with E-state index in [2.05, 4.69) is 15.6 Å². The Morgan fingerprint density at radius 3 is 2.88 bits per heavy atom. The Labute approximate surface area is 156 Å². The third-order valence-electron chi connectivity index (χ3n) is 4.37. The first kappa shape index (κ1) is 18.6. The smallest absolute Gasteiger partial charge is 0.267 e. The summed E-state index contributed by atoms with van der Waals surface area (Å²) in [7, 11) is 0. The zero-order valence-corrected chi connectivity index (χ0v) is 15.2. The number of nitrogens with one attached hydrogen (secondary N) is 2. The maximum absolute atomic E-state index is 12.5. The molecule has 1 saturated heterocycles. The molecule has 7 nitrogen and oxygen atoms in total. The molecule has 2 aliphatic rings. The summed E-state index contributed by atoms with van der Waals surface area (Å²) < 4.78 is 5.77. The number of carbonyl (C=O) groups is 2. The summed E-state index contributed by atoms with van der Waals surface area (Å²) >= 11 is 6.39. The van der Waals surface area contributed by atoms with Crippen LogP contribution >= 0.6 is 11.6 Å². The number of halogens is 1. The Hall–Kier alpha value is -2.22. The van der Waals surface area contributed by atoms with Gasteiger partial charge in [0.1, 0.15) is 5.69 Å². The summed E-state index contributed by atoms with van der Waals surface area (Å²) in [6.07, 6.45) is 4.48. The van der Waals surface area contributed by atoms with Crippen LogP contribution in [0.5, 0.6) is 0 Å². The number of rotatable bonds is 4. The second-order valence-corrected chi connectivity index (χ2v) is 6.82. The van der Waals surface area contributed by atoms with E-state index in [1.165, 1.54) is 6.07 Å². The highest BCUT2D eigenvalue weighted by molar-refractivity contribution is 6.30.